The number of nitrogens with zero attached hydrogens (tertiary/aromatic N) is 2. The predicted octanol–water partition coefficient (Wildman–Crippen LogP) is 5.17. The van der Waals surface area contributed by atoms with Crippen LogP contribution in [0.3, 0.4) is 0 Å². The maximum absolute atomic E-state index is 11.6. The molecule has 0 saturated heterocycles. The van der Waals surface area contributed by atoms with Crippen molar-refractivity contribution in [2.24, 2.45) is 0 Å². The molecule has 1 heterocycles. The van der Waals surface area contributed by atoms with Crippen LogP contribution in [0.5, 0.6) is 11.5 Å². The molecule has 0 spiro atoms. The van der Waals surface area contributed by atoms with E-state index in [0.717, 1.165) is 59.7 Å². The minimum Gasteiger partial charge on any atom is -0.493 e. The second kappa shape index (κ2) is 12.5. The lowest BCUT2D eigenvalue weighted by molar-refractivity contribution is -0.116. The standard InChI is InChI=1S/C27H33N3O3/c1-4-10-21-15-16-24(25(20-21)32-3)33-19-9-18-30-23-13-7-6-12-22(23)29-26(30)14-8-17-28-27(31)11-5-2/h4-7,10-13,15-16,20H,8-9,14,17-19H2,1-3H3,(H,28,31)/b10-4+,11-5-. The number of carbonyl (C=O) groups excluding carboxylic acids is 1. The first-order chi connectivity index (χ1) is 16.2. The molecule has 1 aromatic heterocycles. The fourth-order valence-corrected chi connectivity index (χ4v) is 3.74. The number of hydrogen-bond donors (Lipinski definition) is 1. The Balaban J connectivity index is 1.60. The molecule has 174 valence electrons. The number of carbonyl (C=O) groups is 1. The minimum absolute atomic E-state index is 0.0580. The Morgan fingerprint density at radius 1 is 1.09 bits per heavy atom. The van der Waals surface area contributed by atoms with Crippen molar-refractivity contribution in [2.75, 3.05) is 20.3 Å². The SMILES string of the molecule is C/C=C\C(=O)NCCCc1nc2ccccc2n1CCCOc1ccc(/C=C/C)cc1OC. The van der Waals surface area contributed by atoms with E-state index in [4.69, 9.17) is 14.5 Å². The van der Waals surface area contributed by atoms with Gasteiger partial charge in [0.2, 0.25) is 5.91 Å². The molecule has 33 heavy (non-hydrogen) atoms. The molecule has 1 amide bonds. The zero-order valence-corrected chi connectivity index (χ0v) is 19.7. The van der Waals surface area contributed by atoms with Crippen molar-refractivity contribution in [2.45, 2.75) is 39.7 Å². The van der Waals surface area contributed by atoms with Gasteiger partial charge in [0.05, 0.1) is 24.8 Å². The van der Waals surface area contributed by atoms with E-state index < -0.39 is 0 Å². The van der Waals surface area contributed by atoms with Crippen LogP contribution in [0, 0.1) is 0 Å². The summed E-state index contributed by atoms with van der Waals surface area (Å²) in [5.41, 5.74) is 3.20. The number of aromatic nitrogens is 2. The average molecular weight is 448 g/mol. The van der Waals surface area contributed by atoms with E-state index in [1.807, 2.05) is 62.4 Å². The van der Waals surface area contributed by atoms with Crippen molar-refractivity contribution in [1.29, 1.82) is 0 Å². The van der Waals surface area contributed by atoms with Gasteiger partial charge >= 0.3 is 0 Å². The molecule has 0 atom stereocenters. The van der Waals surface area contributed by atoms with Crippen LogP contribution in [0.1, 0.15) is 38.1 Å². The summed E-state index contributed by atoms with van der Waals surface area (Å²) < 4.78 is 13.8. The smallest absolute Gasteiger partial charge is 0.243 e. The first kappa shape index (κ1) is 24.1. The van der Waals surface area contributed by atoms with Crippen LogP contribution in [0.4, 0.5) is 0 Å². The highest BCUT2D eigenvalue weighted by Crippen LogP contribution is 2.29. The Bertz CT molecular complexity index is 1110. The quantitative estimate of drug-likeness (QED) is 0.307. The van der Waals surface area contributed by atoms with E-state index in [1.54, 1.807) is 13.2 Å². The summed E-state index contributed by atoms with van der Waals surface area (Å²) in [6.45, 7) is 5.83. The van der Waals surface area contributed by atoms with Gasteiger partial charge in [-0.25, -0.2) is 4.98 Å². The number of ether oxygens (including phenoxy) is 2. The first-order valence-electron chi connectivity index (χ1n) is 11.4. The van der Waals surface area contributed by atoms with Crippen molar-refractivity contribution in [3.05, 3.63) is 72.1 Å². The van der Waals surface area contributed by atoms with Crippen LogP contribution in [0.2, 0.25) is 0 Å². The van der Waals surface area contributed by atoms with E-state index in [2.05, 4.69) is 16.0 Å². The second-order valence-electron chi connectivity index (χ2n) is 7.68. The molecule has 0 saturated carbocycles. The van der Waals surface area contributed by atoms with Gasteiger partial charge in [-0.2, -0.15) is 0 Å². The summed E-state index contributed by atoms with van der Waals surface area (Å²) in [6.07, 6.45) is 9.78. The highest BCUT2D eigenvalue weighted by atomic mass is 16.5. The number of benzene rings is 2. The molecule has 0 fully saturated rings. The maximum Gasteiger partial charge on any atom is 0.243 e. The topological polar surface area (TPSA) is 65.4 Å². The third-order valence-electron chi connectivity index (χ3n) is 5.26. The first-order valence-corrected chi connectivity index (χ1v) is 11.4. The van der Waals surface area contributed by atoms with Gasteiger partial charge in [-0.1, -0.05) is 36.4 Å². The third kappa shape index (κ3) is 6.72. The number of aryl methyl sites for hydroxylation is 2. The monoisotopic (exact) mass is 447 g/mol. The molecule has 0 aliphatic carbocycles. The van der Waals surface area contributed by atoms with E-state index in [-0.39, 0.29) is 5.91 Å². The van der Waals surface area contributed by atoms with E-state index >= 15 is 0 Å². The molecule has 1 N–H and O–H groups in total. The molecule has 6 nitrogen and oxygen atoms in total. The van der Waals surface area contributed by atoms with Gasteiger partial charge in [-0.3, -0.25) is 4.79 Å². The number of hydrogen-bond acceptors (Lipinski definition) is 4. The van der Waals surface area contributed by atoms with Crippen molar-refractivity contribution >= 4 is 23.0 Å². The average Bonchev–Trinajstić information content (AvgIpc) is 3.18. The summed E-state index contributed by atoms with van der Waals surface area (Å²) in [5.74, 6) is 2.46. The Labute approximate surface area is 195 Å². The van der Waals surface area contributed by atoms with Gasteiger partial charge in [0.1, 0.15) is 5.82 Å². The highest BCUT2D eigenvalue weighted by Gasteiger charge is 2.11. The zero-order chi connectivity index (χ0) is 23.5. The van der Waals surface area contributed by atoms with Crippen LogP contribution in [0.15, 0.2) is 60.7 Å². The molecule has 0 aliphatic rings. The minimum atomic E-state index is -0.0580. The van der Waals surface area contributed by atoms with Gasteiger partial charge in [-0.15, -0.1) is 0 Å². The molecule has 0 radical (unpaired) electrons. The molecule has 2 aromatic carbocycles. The van der Waals surface area contributed by atoms with E-state index in [0.29, 0.717) is 13.2 Å². The number of imidazole rings is 1. The summed E-state index contributed by atoms with van der Waals surface area (Å²) in [7, 11) is 1.66. The number of para-hydroxylation sites is 2. The van der Waals surface area contributed by atoms with Crippen LogP contribution < -0.4 is 14.8 Å². The zero-order valence-electron chi connectivity index (χ0n) is 19.7. The third-order valence-corrected chi connectivity index (χ3v) is 5.26. The molecule has 6 heteroatoms. The van der Waals surface area contributed by atoms with Gasteiger partial charge in [0.15, 0.2) is 11.5 Å². The van der Waals surface area contributed by atoms with Gasteiger partial charge in [-0.05, 0) is 62.6 Å². The van der Waals surface area contributed by atoms with Gasteiger partial charge in [0.25, 0.3) is 0 Å². The normalized spacial score (nSPS) is 11.5. The number of allylic oxidation sites excluding steroid dienone is 2. The van der Waals surface area contributed by atoms with Gasteiger partial charge < -0.3 is 19.4 Å². The largest absolute Gasteiger partial charge is 0.493 e. The fraction of sp³-hybridized carbons (Fsp3) is 0.333. The van der Waals surface area contributed by atoms with E-state index in [9.17, 15) is 4.79 Å². The van der Waals surface area contributed by atoms with Crippen LogP contribution in [-0.2, 0) is 17.8 Å². The van der Waals surface area contributed by atoms with Crippen molar-refractivity contribution in [3.63, 3.8) is 0 Å². The molecule has 3 rings (SSSR count). The molecular formula is C27H33N3O3. The second-order valence-corrected chi connectivity index (χ2v) is 7.68. The Hall–Kier alpha value is -3.54. The van der Waals surface area contributed by atoms with Crippen LogP contribution >= 0.6 is 0 Å². The summed E-state index contributed by atoms with van der Waals surface area (Å²) >= 11 is 0. The van der Waals surface area contributed by atoms with Crippen LogP contribution in [-0.4, -0.2) is 35.7 Å². The van der Waals surface area contributed by atoms with Crippen LogP contribution in [0.25, 0.3) is 17.1 Å². The van der Waals surface area contributed by atoms with Crippen molar-refractivity contribution in [1.82, 2.24) is 14.9 Å². The molecule has 0 aliphatic heterocycles. The lowest BCUT2D eigenvalue weighted by Gasteiger charge is -2.13. The summed E-state index contributed by atoms with van der Waals surface area (Å²) in [4.78, 5) is 16.4. The maximum atomic E-state index is 11.6. The number of fused-ring (bicyclic) bond motifs is 1. The van der Waals surface area contributed by atoms with Gasteiger partial charge in [0, 0.05) is 19.5 Å². The number of methoxy groups -OCH3 is 1. The highest BCUT2D eigenvalue weighted by molar-refractivity contribution is 5.87. The Morgan fingerprint density at radius 2 is 1.94 bits per heavy atom. The lowest BCUT2D eigenvalue weighted by Crippen LogP contribution is -2.22. The van der Waals surface area contributed by atoms with Crippen molar-refractivity contribution in [3.8, 4) is 11.5 Å². The molecule has 0 unspecified atom stereocenters. The number of rotatable bonds is 12. The number of nitrogens with one attached hydrogen (secondary N) is 1. The summed E-state index contributed by atoms with van der Waals surface area (Å²) in [5, 5.41) is 2.90. The number of amides is 1. The molecular weight excluding hydrogens is 414 g/mol. The Morgan fingerprint density at radius 3 is 2.73 bits per heavy atom. The van der Waals surface area contributed by atoms with E-state index in [1.165, 1.54) is 6.08 Å². The summed E-state index contributed by atoms with van der Waals surface area (Å²) in [6, 6.07) is 14.1. The van der Waals surface area contributed by atoms with Crippen molar-refractivity contribution < 1.29 is 14.3 Å². The Kier molecular flexibility index (Phi) is 9.12. The molecule has 3 aromatic rings. The fourth-order valence-electron chi connectivity index (χ4n) is 3.74. The predicted molar refractivity (Wildman–Crippen MR) is 134 cm³/mol. The lowest BCUT2D eigenvalue weighted by atomic mass is 10.2. The molecule has 0 bridgehead atoms.